The first-order valence-corrected chi connectivity index (χ1v) is 13.1. The summed E-state index contributed by atoms with van der Waals surface area (Å²) in [6.07, 6.45) is 12.1. The van der Waals surface area contributed by atoms with Crippen molar-refractivity contribution in [1.82, 2.24) is 4.98 Å². The maximum atomic E-state index is 13.1. The molecule has 0 radical (unpaired) electrons. The van der Waals surface area contributed by atoms with Gasteiger partial charge in [-0.25, -0.2) is 4.98 Å². The molecule has 0 fully saturated rings. The Morgan fingerprint density at radius 3 is 2.64 bits per heavy atom. The van der Waals surface area contributed by atoms with Gasteiger partial charge in [-0.2, -0.15) is 0 Å². The summed E-state index contributed by atoms with van der Waals surface area (Å²) in [7, 11) is 0. The lowest BCUT2D eigenvalue weighted by Crippen LogP contribution is -2.38. The van der Waals surface area contributed by atoms with Crippen LogP contribution in [0.25, 0.3) is 6.08 Å². The summed E-state index contributed by atoms with van der Waals surface area (Å²) < 4.78 is 6.33. The quantitative estimate of drug-likeness (QED) is 0.473. The topological polar surface area (TPSA) is 59.4 Å². The smallest absolute Gasteiger partial charge is 0.143 e. The second-order valence-electron chi connectivity index (χ2n) is 10.3. The van der Waals surface area contributed by atoms with Gasteiger partial charge in [-0.1, -0.05) is 51.5 Å². The molecule has 184 valence electrons. The molecule has 1 aromatic heterocycles. The molecule has 1 aromatic rings. The normalized spacial score (nSPS) is 31.5. The highest BCUT2D eigenvalue weighted by Gasteiger charge is 2.35. The summed E-state index contributed by atoms with van der Waals surface area (Å²) in [6.45, 7) is 14.8. The lowest BCUT2D eigenvalue weighted by molar-refractivity contribution is -0.136. The van der Waals surface area contributed by atoms with Gasteiger partial charge >= 0.3 is 0 Å². The zero-order valence-electron chi connectivity index (χ0n) is 21.6. The number of ketones is 1. The molecular formula is C28H43NO3S. The fourth-order valence-corrected chi connectivity index (χ4v) is 4.97. The van der Waals surface area contributed by atoms with Gasteiger partial charge in [0.25, 0.3) is 0 Å². The average Bonchev–Trinajstić information content (AvgIpc) is 3.17. The van der Waals surface area contributed by atoms with Gasteiger partial charge in [0, 0.05) is 23.3 Å². The van der Waals surface area contributed by atoms with Crippen LogP contribution in [0.15, 0.2) is 34.8 Å². The van der Waals surface area contributed by atoms with E-state index in [4.69, 9.17) is 4.74 Å². The van der Waals surface area contributed by atoms with Gasteiger partial charge in [-0.3, -0.25) is 4.79 Å². The number of allylic oxidation sites excluding steroid dienone is 3. The van der Waals surface area contributed by atoms with E-state index in [0.717, 1.165) is 42.8 Å². The van der Waals surface area contributed by atoms with E-state index in [2.05, 4.69) is 48.5 Å². The van der Waals surface area contributed by atoms with Crippen molar-refractivity contribution in [3.05, 3.63) is 45.5 Å². The van der Waals surface area contributed by atoms with Crippen molar-refractivity contribution in [2.24, 2.45) is 17.3 Å². The van der Waals surface area contributed by atoms with Crippen LogP contribution < -0.4 is 0 Å². The lowest BCUT2D eigenvalue weighted by Gasteiger charge is -2.31. The monoisotopic (exact) mass is 473 g/mol. The predicted molar refractivity (Wildman–Crippen MR) is 139 cm³/mol. The Bertz CT molecular complexity index is 864. The first-order chi connectivity index (χ1) is 15.5. The fraction of sp³-hybridized carbons (Fsp3) is 0.643. The number of thiazole rings is 1. The van der Waals surface area contributed by atoms with Crippen molar-refractivity contribution in [3.63, 3.8) is 0 Å². The van der Waals surface area contributed by atoms with Crippen LogP contribution in [0.5, 0.6) is 0 Å². The molecule has 0 saturated carbocycles. The third-order valence-corrected chi connectivity index (χ3v) is 7.55. The minimum absolute atomic E-state index is 0.0128. The van der Waals surface area contributed by atoms with Crippen molar-refractivity contribution >= 4 is 23.2 Å². The number of hydrogen-bond acceptors (Lipinski definition) is 5. The Hall–Kier alpha value is -1.56. The zero-order valence-corrected chi connectivity index (χ0v) is 22.4. The van der Waals surface area contributed by atoms with Crippen LogP contribution in [-0.4, -0.2) is 34.7 Å². The molecule has 1 N–H and O–H groups in total. The summed E-state index contributed by atoms with van der Waals surface area (Å²) in [5.41, 5.74) is 2.97. The van der Waals surface area contributed by atoms with Gasteiger partial charge < -0.3 is 9.84 Å². The molecule has 4 atom stereocenters. The van der Waals surface area contributed by atoms with E-state index in [1.54, 1.807) is 11.3 Å². The van der Waals surface area contributed by atoms with E-state index in [1.165, 1.54) is 11.1 Å². The Kier molecular flexibility index (Phi) is 10.7. The molecular weight excluding hydrogens is 430 g/mol. The van der Waals surface area contributed by atoms with Crippen LogP contribution >= 0.6 is 11.3 Å². The maximum Gasteiger partial charge on any atom is 0.143 e. The van der Waals surface area contributed by atoms with Crippen LogP contribution in [0, 0.1) is 24.2 Å². The summed E-state index contributed by atoms with van der Waals surface area (Å²) >= 11 is 1.66. The molecule has 33 heavy (non-hydrogen) atoms. The molecule has 0 spiro atoms. The van der Waals surface area contributed by atoms with Gasteiger partial charge in [-0.15, -0.1) is 11.3 Å². The number of ether oxygens (including phenoxy) is 1. The molecule has 0 saturated heterocycles. The molecule has 1 aliphatic heterocycles. The predicted octanol–water partition coefficient (Wildman–Crippen LogP) is 6.94. The molecule has 0 aliphatic carbocycles. The molecule has 4 unspecified atom stereocenters. The van der Waals surface area contributed by atoms with Crippen LogP contribution in [0.2, 0.25) is 0 Å². The molecule has 0 bridgehead atoms. The standard InChI is InChI=1S/C28H43NO3S/c1-19-11-8-9-12-20(2)26(30)22(4)27(31)28(6,7)15-10-16-32-25(14-13-19)21(3)17-24-18-33-23(5)29-24/h8-9,13,17-18,20,22,25-26,30H,10-12,14-16H2,1-7H3/b9-8-,19-13-,21-17+. The largest absolute Gasteiger partial charge is 0.392 e. The highest BCUT2D eigenvalue weighted by Crippen LogP contribution is 2.31. The third kappa shape index (κ3) is 8.62. The number of rotatable bonds is 2. The Balaban J connectivity index is 2.21. The van der Waals surface area contributed by atoms with E-state index in [1.807, 2.05) is 34.6 Å². The van der Waals surface area contributed by atoms with Gasteiger partial charge in [0.05, 0.1) is 22.9 Å². The zero-order chi connectivity index (χ0) is 24.6. The van der Waals surface area contributed by atoms with Gasteiger partial charge in [-0.05, 0) is 70.4 Å². The van der Waals surface area contributed by atoms with Crippen molar-refractivity contribution in [2.75, 3.05) is 6.61 Å². The lowest BCUT2D eigenvalue weighted by atomic mass is 9.74. The molecule has 1 aliphatic rings. The number of aliphatic hydroxyl groups excluding tert-OH is 1. The number of aryl methyl sites for hydroxylation is 1. The fourth-order valence-electron chi connectivity index (χ4n) is 4.40. The van der Waals surface area contributed by atoms with Crippen LogP contribution in [0.3, 0.4) is 0 Å². The maximum absolute atomic E-state index is 13.1. The second-order valence-corrected chi connectivity index (χ2v) is 11.4. The number of carbonyl (C=O) groups excluding carboxylic acids is 1. The number of Topliss-reactive ketones (excluding diaryl/α,β-unsaturated/α-hetero) is 1. The minimum Gasteiger partial charge on any atom is -0.392 e. The average molecular weight is 474 g/mol. The van der Waals surface area contributed by atoms with Crippen LogP contribution in [-0.2, 0) is 9.53 Å². The van der Waals surface area contributed by atoms with Crippen molar-refractivity contribution in [3.8, 4) is 0 Å². The van der Waals surface area contributed by atoms with E-state index >= 15 is 0 Å². The summed E-state index contributed by atoms with van der Waals surface area (Å²) in [5, 5.41) is 13.9. The molecule has 5 heteroatoms. The van der Waals surface area contributed by atoms with Gasteiger partial charge in [0.1, 0.15) is 5.78 Å². The second kappa shape index (κ2) is 12.8. The van der Waals surface area contributed by atoms with Crippen LogP contribution in [0.4, 0.5) is 0 Å². The van der Waals surface area contributed by atoms with Gasteiger partial charge in [0.15, 0.2) is 0 Å². The molecule has 4 nitrogen and oxygen atoms in total. The number of hydrogen-bond donors (Lipinski definition) is 1. The highest BCUT2D eigenvalue weighted by molar-refractivity contribution is 7.09. The van der Waals surface area contributed by atoms with E-state index in [0.29, 0.717) is 6.61 Å². The minimum atomic E-state index is -0.628. The number of carbonyl (C=O) groups is 1. The van der Waals surface area contributed by atoms with Gasteiger partial charge in [0.2, 0.25) is 0 Å². The van der Waals surface area contributed by atoms with E-state index in [9.17, 15) is 9.90 Å². The third-order valence-electron chi connectivity index (χ3n) is 6.76. The highest BCUT2D eigenvalue weighted by atomic mass is 32.1. The number of nitrogens with zero attached hydrogens (tertiary/aromatic N) is 1. The number of aromatic nitrogens is 1. The molecule has 2 heterocycles. The van der Waals surface area contributed by atoms with E-state index < -0.39 is 11.5 Å². The van der Waals surface area contributed by atoms with Crippen LogP contribution in [0.1, 0.15) is 84.3 Å². The summed E-state index contributed by atoms with van der Waals surface area (Å²) in [5.74, 6) is -0.189. The van der Waals surface area contributed by atoms with E-state index in [-0.39, 0.29) is 23.7 Å². The van der Waals surface area contributed by atoms with Crippen molar-refractivity contribution in [1.29, 1.82) is 0 Å². The Labute approximate surface area is 204 Å². The molecule has 0 aromatic carbocycles. The summed E-state index contributed by atoms with van der Waals surface area (Å²) in [4.78, 5) is 17.7. The molecule has 2 rings (SSSR count). The summed E-state index contributed by atoms with van der Waals surface area (Å²) in [6, 6.07) is 0. The SMILES string of the molecule is C/C1=C/CC(/C(C)=C/c2csc(C)n2)OCCCC(C)(C)C(=O)C(C)C(O)C(C)C/C=C\C1. The first-order valence-electron chi connectivity index (χ1n) is 12.3. The Morgan fingerprint density at radius 1 is 1.24 bits per heavy atom. The first kappa shape index (κ1) is 27.7. The van der Waals surface area contributed by atoms with Crippen molar-refractivity contribution < 1.29 is 14.6 Å². The molecule has 0 amide bonds. The Morgan fingerprint density at radius 2 is 1.97 bits per heavy atom. The number of aliphatic hydroxyl groups is 1. The van der Waals surface area contributed by atoms with Crippen molar-refractivity contribution in [2.45, 2.75) is 92.8 Å².